The minimum absolute atomic E-state index is 0.344. The van der Waals surface area contributed by atoms with Gasteiger partial charge in [0, 0.05) is 6.04 Å². The molecule has 6 atom stereocenters. The Labute approximate surface area is 146 Å². The number of rotatable bonds is 6. The normalized spacial score (nSPS) is 38.6. The second-order valence-electron chi connectivity index (χ2n) is 10.1. The van der Waals surface area contributed by atoms with Crippen molar-refractivity contribution in [2.75, 3.05) is 0 Å². The summed E-state index contributed by atoms with van der Waals surface area (Å²) < 4.78 is 0. The minimum atomic E-state index is 0.344. The van der Waals surface area contributed by atoms with Gasteiger partial charge in [-0.1, -0.05) is 61.3 Å². The molecule has 0 aromatic rings. The third-order valence-electron chi connectivity index (χ3n) is 8.39. The molecule has 23 heavy (non-hydrogen) atoms. The van der Waals surface area contributed by atoms with Crippen LogP contribution < -0.4 is 5.73 Å². The van der Waals surface area contributed by atoms with Gasteiger partial charge in [-0.15, -0.1) is 0 Å². The van der Waals surface area contributed by atoms with Crippen molar-refractivity contribution in [2.24, 2.45) is 46.2 Å². The Morgan fingerprint density at radius 3 is 2.30 bits per heavy atom. The maximum atomic E-state index is 6.57. The fourth-order valence-electron chi connectivity index (χ4n) is 6.23. The number of fused-ring (bicyclic) bond motifs is 1. The van der Waals surface area contributed by atoms with Crippen LogP contribution in [0.4, 0.5) is 0 Å². The van der Waals surface area contributed by atoms with Gasteiger partial charge in [-0.25, -0.2) is 0 Å². The largest absolute Gasteiger partial charge is 0.327 e. The number of hydrogen-bond donors (Lipinski definition) is 1. The van der Waals surface area contributed by atoms with Crippen molar-refractivity contribution < 1.29 is 0 Å². The Morgan fingerprint density at radius 2 is 1.78 bits per heavy atom. The van der Waals surface area contributed by atoms with E-state index in [2.05, 4.69) is 48.5 Å². The molecule has 2 aliphatic carbocycles. The van der Waals surface area contributed by atoms with Gasteiger partial charge in [0.05, 0.1) is 0 Å². The molecule has 0 radical (unpaired) electrons. The van der Waals surface area contributed by atoms with Gasteiger partial charge in [-0.3, -0.25) is 0 Å². The standard InChI is InChI=1S/C22H43N/c1-8-17-18-10-9-12-21(18,6)13-11-19(17)22(7,16(4)5)14-20(23)15(2)3/h15-20H,8-14,23H2,1-7H3/t17?,18-,19-,20+,21-,22-/m0/s1. The van der Waals surface area contributed by atoms with Crippen LogP contribution in [0.3, 0.4) is 0 Å². The van der Waals surface area contributed by atoms with Gasteiger partial charge in [0.2, 0.25) is 0 Å². The summed E-state index contributed by atoms with van der Waals surface area (Å²) in [6, 6.07) is 0.344. The molecule has 0 bridgehead atoms. The van der Waals surface area contributed by atoms with E-state index in [4.69, 9.17) is 5.73 Å². The Hall–Kier alpha value is -0.0400. The second kappa shape index (κ2) is 7.06. The molecular weight excluding hydrogens is 278 g/mol. The highest BCUT2D eigenvalue weighted by atomic mass is 14.7. The summed E-state index contributed by atoms with van der Waals surface area (Å²) in [5.74, 6) is 4.07. The molecule has 136 valence electrons. The lowest BCUT2D eigenvalue weighted by molar-refractivity contribution is -0.0524. The van der Waals surface area contributed by atoms with Gasteiger partial charge in [-0.2, -0.15) is 0 Å². The van der Waals surface area contributed by atoms with Crippen LogP contribution in [-0.2, 0) is 0 Å². The van der Waals surface area contributed by atoms with Gasteiger partial charge in [0.25, 0.3) is 0 Å². The predicted octanol–water partition coefficient (Wildman–Crippen LogP) is 6.26. The fraction of sp³-hybridized carbons (Fsp3) is 1.00. The first kappa shape index (κ1) is 19.3. The van der Waals surface area contributed by atoms with E-state index >= 15 is 0 Å². The predicted molar refractivity (Wildman–Crippen MR) is 102 cm³/mol. The van der Waals surface area contributed by atoms with Crippen LogP contribution in [0.1, 0.15) is 93.4 Å². The molecule has 2 rings (SSSR count). The zero-order valence-corrected chi connectivity index (χ0v) is 17.0. The Balaban J connectivity index is 2.27. The van der Waals surface area contributed by atoms with Crippen molar-refractivity contribution in [2.45, 2.75) is 99.5 Å². The average Bonchev–Trinajstić information content (AvgIpc) is 2.87. The first-order valence-corrected chi connectivity index (χ1v) is 10.4. The van der Waals surface area contributed by atoms with E-state index in [0.29, 0.717) is 22.8 Å². The maximum absolute atomic E-state index is 6.57. The molecule has 0 spiro atoms. The Morgan fingerprint density at radius 1 is 1.13 bits per heavy atom. The van der Waals surface area contributed by atoms with E-state index < -0.39 is 0 Å². The van der Waals surface area contributed by atoms with Crippen LogP contribution in [0.5, 0.6) is 0 Å². The van der Waals surface area contributed by atoms with Crippen LogP contribution in [0.2, 0.25) is 0 Å². The Kier molecular flexibility index (Phi) is 5.92. The van der Waals surface area contributed by atoms with Crippen molar-refractivity contribution in [1.82, 2.24) is 0 Å². The topological polar surface area (TPSA) is 26.0 Å². The molecule has 2 saturated carbocycles. The molecule has 1 nitrogen and oxygen atoms in total. The van der Waals surface area contributed by atoms with Crippen molar-refractivity contribution in [3.63, 3.8) is 0 Å². The summed E-state index contributed by atoms with van der Waals surface area (Å²) in [7, 11) is 0. The summed E-state index contributed by atoms with van der Waals surface area (Å²) >= 11 is 0. The van der Waals surface area contributed by atoms with Crippen LogP contribution in [-0.4, -0.2) is 6.04 Å². The average molecular weight is 322 g/mol. The maximum Gasteiger partial charge on any atom is 0.00672 e. The van der Waals surface area contributed by atoms with Crippen molar-refractivity contribution in [3.05, 3.63) is 0 Å². The molecule has 0 heterocycles. The van der Waals surface area contributed by atoms with Crippen molar-refractivity contribution >= 4 is 0 Å². The summed E-state index contributed by atoms with van der Waals surface area (Å²) in [4.78, 5) is 0. The van der Waals surface area contributed by atoms with E-state index in [9.17, 15) is 0 Å². The van der Waals surface area contributed by atoms with Gasteiger partial charge < -0.3 is 5.73 Å². The summed E-state index contributed by atoms with van der Waals surface area (Å²) in [5, 5.41) is 0. The summed E-state index contributed by atoms with van der Waals surface area (Å²) in [6.45, 7) is 17.1. The van der Waals surface area contributed by atoms with Crippen LogP contribution in [0.15, 0.2) is 0 Å². The quantitative estimate of drug-likeness (QED) is 0.613. The fourth-order valence-corrected chi connectivity index (χ4v) is 6.23. The lowest BCUT2D eigenvalue weighted by Gasteiger charge is -2.55. The van der Waals surface area contributed by atoms with E-state index in [1.807, 2.05) is 0 Å². The molecular formula is C22H43N. The highest BCUT2D eigenvalue weighted by molar-refractivity contribution is 5.03. The molecule has 2 fully saturated rings. The van der Waals surface area contributed by atoms with Crippen LogP contribution in [0, 0.1) is 40.4 Å². The van der Waals surface area contributed by atoms with E-state index in [-0.39, 0.29) is 0 Å². The SMILES string of the molecule is CCC1[C@@H]2CCC[C@@]2(C)CC[C@@H]1[C@@](C)(C[C@@H](N)C(C)C)C(C)C. The van der Waals surface area contributed by atoms with Crippen LogP contribution >= 0.6 is 0 Å². The first-order valence-electron chi connectivity index (χ1n) is 10.4. The number of hydrogen-bond acceptors (Lipinski definition) is 1. The van der Waals surface area contributed by atoms with Gasteiger partial charge in [0.15, 0.2) is 0 Å². The van der Waals surface area contributed by atoms with E-state index in [1.165, 1.54) is 44.9 Å². The van der Waals surface area contributed by atoms with Gasteiger partial charge in [-0.05, 0) is 72.5 Å². The van der Waals surface area contributed by atoms with E-state index in [1.54, 1.807) is 0 Å². The molecule has 2 N–H and O–H groups in total. The Bertz CT molecular complexity index is 387. The molecule has 0 saturated heterocycles. The molecule has 1 heteroatoms. The molecule has 0 amide bonds. The molecule has 0 aliphatic heterocycles. The molecule has 1 unspecified atom stereocenters. The zero-order valence-electron chi connectivity index (χ0n) is 17.0. The third-order valence-corrected chi connectivity index (χ3v) is 8.39. The monoisotopic (exact) mass is 321 g/mol. The van der Waals surface area contributed by atoms with Crippen molar-refractivity contribution in [3.8, 4) is 0 Å². The van der Waals surface area contributed by atoms with Gasteiger partial charge in [0.1, 0.15) is 0 Å². The highest BCUT2D eigenvalue weighted by Crippen LogP contribution is 2.61. The van der Waals surface area contributed by atoms with E-state index in [0.717, 1.165) is 23.7 Å². The van der Waals surface area contributed by atoms with Gasteiger partial charge >= 0.3 is 0 Å². The van der Waals surface area contributed by atoms with Crippen molar-refractivity contribution in [1.29, 1.82) is 0 Å². The highest BCUT2D eigenvalue weighted by Gasteiger charge is 2.53. The molecule has 0 aromatic carbocycles. The molecule has 2 aliphatic rings. The lowest BCUT2D eigenvalue weighted by atomic mass is 9.51. The smallest absolute Gasteiger partial charge is 0.00672 e. The second-order valence-corrected chi connectivity index (χ2v) is 10.1. The lowest BCUT2D eigenvalue weighted by Crippen LogP contribution is -2.49. The number of nitrogens with two attached hydrogens (primary N) is 1. The third kappa shape index (κ3) is 3.51. The summed E-state index contributed by atoms with van der Waals surface area (Å²) in [5.41, 5.74) is 7.61. The van der Waals surface area contributed by atoms with Crippen LogP contribution in [0.25, 0.3) is 0 Å². The minimum Gasteiger partial charge on any atom is -0.327 e. The zero-order chi connectivity index (χ0) is 17.4. The molecule has 0 aromatic heterocycles. The summed E-state index contributed by atoms with van der Waals surface area (Å²) in [6.07, 6.45) is 9.88. The first-order chi connectivity index (χ1) is 10.7.